The van der Waals surface area contributed by atoms with Gasteiger partial charge in [-0.1, -0.05) is 0 Å². The third-order valence-electron chi connectivity index (χ3n) is 4.58. The van der Waals surface area contributed by atoms with Crippen LogP contribution in [0.2, 0.25) is 0 Å². The maximum atomic E-state index is 12.7. The van der Waals surface area contributed by atoms with Crippen molar-refractivity contribution < 1.29 is 22.4 Å². The number of nitrogens with zero attached hydrogens (tertiary/aromatic N) is 2. The van der Waals surface area contributed by atoms with Gasteiger partial charge in [0.1, 0.15) is 17.5 Å². The summed E-state index contributed by atoms with van der Waals surface area (Å²) in [4.78, 5) is 12.7. The van der Waals surface area contributed by atoms with Crippen LogP contribution in [-0.4, -0.2) is 36.1 Å². The summed E-state index contributed by atoms with van der Waals surface area (Å²) in [6, 6.07) is 8.77. The lowest BCUT2D eigenvalue weighted by Gasteiger charge is -2.44. The number of hydrogen-bond acceptors (Lipinski definition) is 7. The summed E-state index contributed by atoms with van der Waals surface area (Å²) in [6.07, 6.45) is 1.34. The zero-order valence-corrected chi connectivity index (χ0v) is 16.4. The van der Waals surface area contributed by atoms with Crippen LogP contribution < -0.4 is 10.3 Å². The van der Waals surface area contributed by atoms with Gasteiger partial charge in [-0.3, -0.25) is 8.98 Å². The molecule has 0 radical (unpaired) electrons. The summed E-state index contributed by atoms with van der Waals surface area (Å²) in [5.74, 6) is 0.431. The van der Waals surface area contributed by atoms with E-state index in [1.54, 1.807) is 38.1 Å². The first kappa shape index (κ1) is 20.1. The molecule has 0 bridgehead atoms. The number of rotatable bonds is 4. The molecule has 2 heterocycles. The molecule has 2 aromatic rings. The number of benzene rings is 1. The number of aromatic nitrogens is 1. The van der Waals surface area contributed by atoms with Gasteiger partial charge in [-0.25, -0.2) is 0 Å². The van der Waals surface area contributed by atoms with E-state index in [2.05, 4.69) is 0 Å². The van der Waals surface area contributed by atoms with Crippen molar-refractivity contribution in [3.8, 4) is 11.8 Å². The molecule has 1 aliphatic heterocycles. The Morgan fingerprint density at radius 3 is 2.61 bits per heavy atom. The largest absolute Gasteiger partial charge is 0.485 e. The Morgan fingerprint density at radius 1 is 1.32 bits per heavy atom. The molecule has 148 valence electrons. The van der Waals surface area contributed by atoms with Crippen molar-refractivity contribution in [1.82, 2.24) is 4.57 Å². The van der Waals surface area contributed by atoms with Gasteiger partial charge in [-0.05, 0) is 43.7 Å². The van der Waals surface area contributed by atoms with Crippen molar-refractivity contribution in [2.75, 3.05) is 6.26 Å². The van der Waals surface area contributed by atoms with Crippen LogP contribution in [0.4, 0.5) is 0 Å². The van der Waals surface area contributed by atoms with Crippen LogP contribution in [0.15, 0.2) is 41.3 Å². The van der Waals surface area contributed by atoms with Crippen molar-refractivity contribution in [2.24, 2.45) is 0 Å². The first-order valence-corrected chi connectivity index (χ1v) is 10.3. The van der Waals surface area contributed by atoms with E-state index in [1.807, 2.05) is 6.07 Å². The molecule has 0 unspecified atom stereocenters. The highest BCUT2D eigenvalue weighted by Gasteiger charge is 2.48. The zero-order chi connectivity index (χ0) is 20.7. The second kappa shape index (κ2) is 7.05. The number of aliphatic hydroxyl groups is 1. The SMILES string of the molecule is CC1(C)Oc2ccc(C#N)cc2[C@@H](n2ccc(CO)cc2=O)[C@@H]1OS(C)(=O)=O. The topological polar surface area (TPSA) is 119 Å². The van der Waals surface area contributed by atoms with Gasteiger partial charge in [0, 0.05) is 17.8 Å². The quantitative estimate of drug-likeness (QED) is 0.763. The summed E-state index contributed by atoms with van der Waals surface area (Å²) < 4.78 is 36.5. The van der Waals surface area contributed by atoms with E-state index >= 15 is 0 Å². The number of pyridine rings is 1. The Kier molecular flexibility index (Phi) is 5.06. The molecule has 0 fully saturated rings. The fourth-order valence-corrected chi connectivity index (χ4v) is 4.05. The van der Waals surface area contributed by atoms with Gasteiger partial charge < -0.3 is 14.4 Å². The van der Waals surface area contributed by atoms with Gasteiger partial charge in [0.25, 0.3) is 15.7 Å². The standard InChI is InChI=1S/C19H20N2O6S/c1-19(2)18(27-28(3,24)25)17(21-7-6-13(11-22)9-16(21)23)14-8-12(10-20)4-5-15(14)26-19/h4-9,17-18,22H,11H2,1-3H3/t17-,18+/m1/s1. The lowest BCUT2D eigenvalue weighted by atomic mass is 9.85. The van der Waals surface area contributed by atoms with Crippen molar-refractivity contribution in [1.29, 1.82) is 5.26 Å². The molecule has 0 saturated carbocycles. The highest BCUT2D eigenvalue weighted by atomic mass is 32.2. The average molecular weight is 404 g/mol. The molecule has 1 aromatic heterocycles. The molecule has 0 spiro atoms. The van der Waals surface area contributed by atoms with Crippen LogP contribution in [0.1, 0.15) is 36.6 Å². The van der Waals surface area contributed by atoms with Crippen LogP contribution in [0.3, 0.4) is 0 Å². The fourth-order valence-electron chi connectivity index (χ4n) is 3.34. The van der Waals surface area contributed by atoms with Gasteiger partial charge >= 0.3 is 0 Å². The smallest absolute Gasteiger partial charge is 0.264 e. The summed E-state index contributed by atoms with van der Waals surface area (Å²) in [5.41, 5.74) is -0.302. The summed E-state index contributed by atoms with van der Waals surface area (Å²) in [5, 5.41) is 18.5. The van der Waals surface area contributed by atoms with Crippen LogP contribution >= 0.6 is 0 Å². The second-order valence-electron chi connectivity index (χ2n) is 7.17. The van der Waals surface area contributed by atoms with Crippen molar-refractivity contribution in [3.05, 3.63) is 63.6 Å². The molecular weight excluding hydrogens is 384 g/mol. The molecule has 0 aliphatic carbocycles. The number of ether oxygens (including phenoxy) is 1. The maximum Gasteiger partial charge on any atom is 0.264 e. The van der Waals surface area contributed by atoms with Crippen LogP contribution in [0.5, 0.6) is 5.75 Å². The predicted octanol–water partition coefficient (Wildman–Crippen LogP) is 1.32. The third-order valence-corrected chi connectivity index (χ3v) is 5.13. The van der Waals surface area contributed by atoms with Crippen LogP contribution in [-0.2, 0) is 20.9 Å². The second-order valence-corrected chi connectivity index (χ2v) is 8.78. The molecular formula is C19H20N2O6S. The minimum absolute atomic E-state index is 0.298. The molecule has 0 saturated heterocycles. The highest BCUT2D eigenvalue weighted by molar-refractivity contribution is 7.86. The molecule has 3 rings (SSSR count). The molecule has 0 amide bonds. The Morgan fingerprint density at radius 2 is 2.04 bits per heavy atom. The highest BCUT2D eigenvalue weighted by Crippen LogP contribution is 2.43. The van der Waals surface area contributed by atoms with E-state index in [4.69, 9.17) is 8.92 Å². The molecule has 28 heavy (non-hydrogen) atoms. The Hall–Kier alpha value is -2.67. The monoisotopic (exact) mass is 404 g/mol. The van der Waals surface area contributed by atoms with E-state index in [-0.39, 0.29) is 6.61 Å². The molecule has 1 N–H and O–H groups in total. The van der Waals surface area contributed by atoms with Gasteiger partial charge in [0.15, 0.2) is 0 Å². The van der Waals surface area contributed by atoms with E-state index in [9.17, 15) is 23.6 Å². The first-order valence-electron chi connectivity index (χ1n) is 8.49. The molecule has 8 nitrogen and oxygen atoms in total. The molecule has 2 atom stereocenters. The van der Waals surface area contributed by atoms with E-state index < -0.39 is 33.4 Å². The van der Waals surface area contributed by atoms with Gasteiger partial charge in [0.05, 0.1) is 30.5 Å². The average Bonchev–Trinajstić information content (AvgIpc) is 2.61. The maximum absolute atomic E-state index is 12.7. The number of aliphatic hydroxyl groups excluding tert-OH is 1. The lowest BCUT2D eigenvalue weighted by molar-refractivity contribution is -0.0463. The van der Waals surface area contributed by atoms with Crippen LogP contribution in [0.25, 0.3) is 0 Å². The van der Waals surface area contributed by atoms with E-state index in [0.717, 1.165) is 6.26 Å². The summed E-state index contributed by atoms with van der Waals surface area (Å²) in [7, 11) is -3.88. The fraction of sp³-hybridized carbons (Fsp3) is 0.368. The predicted molar refractivity (Wildman–Crippen MR) is 100 cm³/mol. The Labute approximate surface area is 162 Å². The number of hydrogen-bond donors (Lipinski definition) is 1. The van der Waals surface area contributed by atoms with Crippen molar-refractivity contribution in [2.45, 2.75) is 38.2 Å². The van der Waals surface area contributed by atoms with Crippen molar-refractivity contribution in [3.63, 3.8) is 0 Å². The van der Waals surface area contributed by atoms with Crippen molar-refractivity contribution >= 4 is 10.1 Å². The Balaban J connectivity index is 2.29. The normalized spacial score (nSPS) is 20.7. The van der Waals surface area contributed by atoms with E-state index in [0.29, 0.717) is 22.4 Å². The van der Waals surface area contributed by atoms with Gasteiger partial charge in [-0.15, -0.1) is 0 Å². The van der Waals surface area contributed by atoms with Gasteiger partial charge in [0.2, 0.25) is 0 Å². The number of nitriles is 1. The summed E-state index contributed by atoms with van der Waals surface area (Å²) >= 11 is 0. The summed E-state index contributed by atoms with van der Waals surface area (Å²) in [6.45, 7) is 3.04. The third kappa shape index (κ3) is 3.80. The minimum atomic E-state index is -3.88. The van der Waals surface area contributed by atoms with Gasteiger partial charge in [-0.2, -0.15) is 13.7 Å². The number of fused-ring (bicyclic) bond motifs is 1. The van der Waals surface area contributed by atoms with Crippen LogP contribution in [0, 0.1) is 11.3 Å². The van der Waals surface area contributed by atoms with E-state index in [1.165, 1.54) is 16.8 Å². The first-order chi connectivity index (χ1) is 13.1. The zero-order valence-electron chi connectivity index (χ0n) is 15.6. The minimum Gasteiger partial charge on any atom is -0.485 e. The molecule has 1 aromatic carbocycles. The molecule has 1 aliphatic rings. The lowest BCUT2D eigenvalue weighted by Crippen LogP contribution is -2.54. The Bertz CT molecular complexity index is 1110. The molecule has 9 heteroatoms.